The molecule has 6 aliphatic heterocycles. The number of nitrogens with zero attached hydrogens (tertiary/aromatic N) is 5. The number of hydroxylamine groups is 4. The molecule has 4 bridgehead atoms. The van der Waals surface area contributed by atoms with E-state index in [-0.39, 0.29) is 63.7 Å². The first-order chi connectivity index (χ1) is 35.2. The first kappa shape index (κ1) is 65.4. The lowest BCUT2D eigenvalue weighted by Gasteiger charge is -2.34. The van der Waals surface area contributed by atoms with Crippen LogP contribution in [0, 0.1) is 10.8 Å². The van der Waals surface area contributed by atoms with E-state index in [0.29, 0.717) is 64.8 Å². The topological polar surface area (TPSA) is 331 Å². The number of hydrogen-bond donors (Lipinski definition) is 3. The fourth-order valence-electron chi connectivity index (χ4n) is 8.55. The molecule has 0 aliphatic carbocycles. The van der Waals surface area contributed by atoms with Gasteiger partial charge in [-0.25, -0.2) is 27.5 Å². The van der Waals surface area contributed by atoms with E-state index < -0.39 is 98.4 Å². The van der Waals surface area contributed by atoms with Crippen molar-refractivity contribution in [2.45, 2.75) is 150 Å². The van der Waals surface area contributed by atoms with Crippen molar-refractivity contribution in [3.8, 4) is 0 Å². The third-order valence-electron chi connectivity index (χ3n) is 12.7. The Kier molecular flexibility index (Phi) is 25.2. The van der Waals surface area contributed by atoms with Crippen molar-refractivity contribution in [2.75, 3.05) is 78.9 Å². The number of piperidine rings is 4. The fraction of sp³-hybridized carbons (Fsp3) is 0.822. The molecular formula is C45H77ClN8O20S2. The molecule has 31 heteroatoms. The molecule has 3 N–H and O–H groups in total. The second kappa shape index (κ2) is 29.2. The van der Waals surface area contributed by atoms with Crippen LogP contribution in [0.15, 0.2) is 0 Å². The van der Waals surface area contributed by atoms with Gasteiger partial charge in [-0.05, 0) is 120 Å². The molecule has 0 unspecified atom stereocenters. The van der Waals surface area contributed by atoms with Gasteiger partial charge in [0.15, 0.2) is 0 Å². The maximum absolute atomic E-state index is 13.0. The predicted molar refractivity (Wildman–Crippen MR) is 268 cm³/mol. The Morgan fingerprint density at radius 2 is 0.974 bits per heavy atom. The predicted octanol–water partition coefficient (Wildman–Crippen LogP) is 2.70. The smallest absolute Gasteiger partial charge is 0.421 e. The molecule has 0 radical (unpaired) electrons. The number of esters is 2. The fourth-order valence-corrected chi connectivity index (χ4v) is 10.4. The van der Waals surface area contributed by atoms with Gasteiger partial charge in [0, 0.05) is 49.9 Å². The van der Waals surface area contributed by atoms with Gasteiger partial charge in [0.2, 0.25) is 11.8 Å². The van der Waals surface area contributed by atoms with Gasteiger partial charge in [-0.2, -0.15) is 27.0 Å². The zero-order chi connectivity index (χ0) is 55.9. The Bertz CT molecular complexity index is 2250. The first-order valence-corrected chi connectivity index (χ1v) is 28.0. The van der Waals surface area contributed by atoms with E-state index in [1.807, 2.05) is 0 Å². The van der Waals surface area contributed by atoms with Crippen molar-refractivity contribution >= 4 is 79.7 Å². The van der Waals surface area contributed by atoms with E-state index >= 15 is 0 Å². The Labute approximate surface area is 450 Å². The number of carbonyl (C=O) groups excluding carboxylic acids is 8. The molecule has 6 aliphatic rings. The summed E-state index contributed by atoms with van der Waals surface area (Å²) in [6.45, 7) is 15.3. The normalized spacial score (nSPS) is 22.0. The molecule has 6 rings (SSSR count). The van der Waals surface area contributed by atoms with Gasteiger partial charge in [-0.15, -0.1) is 8.57 Å². The lowest BCUT2D eigenvalue weighted by atomic mass is 9.95. The molecule has 0 saturated carbocycles. The summed E-state index contributed by atoms with van der Waals surface area (Å²) in [6.07, 6.45) is 3.88. The van der Waals surface area contributed by atoms with Crippen LogP contribution < -0.4 is 16.0 Å². The quantitative estimate of drug-likeness (QED) is 0.0896. The number of rotatable bonds is 20. The van der Waals surface area contributed by atoms with Crippen molar-refractivity contribution in [1.82, 2.24) is 40.8 Å². The van der Waals surface area contributed by atoms with E-state index in [1.165, 1.54) is 37.5 Å². The largest absolute Gasteiger partial charge is 0.466 e. The molecule has 6 saturated heterocycles. The third-order valence-corrected chi connectivity index (χ3v) is 14.3. The van der Waals surface area contributed by atoms with Crippen LogP contribution in [-0.4, -0.2) is 204 Å². The summed E-state index contributed by atoms with van der Waals surface area (Å²) >= 11 is 4.72. The van der Waals surface area contributed by atoms with Gasteiger partial charge in [-0.3, -0.25) is 19.2 Å². The zero-order valence-corrected chi connectivity index (χ0v) is 46.1. The van der Waals surface area contributed by atoms with E-state index in [1.54, 1.807) is 32.6 Å². The summed E-state index contributed by atoms with van der Waals surface area (Å²) < 4.78 is 88.1. The number of fused-ring (bicyclic) bond motifs is 4. The van der Waals surface area contributed by atoms with Crippen molar-refractivity contribution in [3.63, 3.8) is 0 Å². The van der Waals surface area contributed by atoms with Crippen LogP contribution in [0.3, 0.4) is 0 Å². The van der Waals surface area contributed by atoms with Gasteiger partial charge < -0.3 is 49.6 Å². The second-order valence-corrected chi connectivity index (χ2v) is 22.1. The van der Waals surface area contributed by atoms with Crippen LogP contribution in [0.2, 0.25) is 0 Å². The van der Waals surface area contributed by atoms with E-state index in [4.69, 9.17) is 42.7 Å². The number of likely N-dealkylation sites (tertiary alicyclic amines) is 1. The van der Waals surface area contributed by atoms with Crippen LogP contribution in [0.1, 0.15) is 114 Å². The van der Waals surface area contributed by atoms with E-state index in [0.717, 1.165) is 36.1 Å². The summed E-state index contributed by atoms with van der Waals surface area (Å²) in [6, 6.07) is -4.07. The van der Waals surface area contributed by atoms with Crippen LogP contribution in [-0.2, 0) is 75.9 Å². The Hall–Kier alpha value is -4.85. The summed E-state index contributed by atoms with van der Waals surface area (Å²) in [5, 5.41) is 10.6. The third kappa shape index (κ3) is 18.7. The Balaban J connectivity index is 0.000000360. The highest BCUT2D eigenvalue weighted by Gasteiger charge is 2.52. The maximum atomic E-state index is 13.0. The second-order valence-electron chi connectivity index (χ2n) is 19.4. The molecule has 0 aromatic heterocycles. The summed E-state index contributed by atoms with van der Waals surface area (Å²) in [5.41, 5.74) is -3.22. The minimum Gasteiger partial charge on any atom is -0.466 e. The number of hydrogen-bond acceptors (Lipinski definition) is 21. The van der Waals surface area contributed by atoms with Crippen LogP contribution in [0.5, 0.6) is 0 Å². The molecule has 0 spiro atoms. The molecule has 6 heterocycles. The SMILES string of the molecule is C.CCOC(=O)C(C)(C)COS(=O)(=O)ON1C(=O)N2C[C@H]1CC[C@H]2C(=O)NC1CCNCC1.CCOC(=O)Cl.CCOC(=O)N1CCC(NC(=O)[C@@H]2CC[C@@H]3CN2C(=O)N3OS(=O)(=O)OCC(C)(C)C(=O)OCC)CC1. The van der Waals surface area contributed by atoms with Gasteiger partial charge in [0.25, 0.3) is 0 Å². The molecule has 76 heavy (non-hydrogen) atoms. The minimum atomic E-state index is -4.67. The summed E-state index contributed by atoms with van der Waals surface area (Å²) in [7, 11) is -9.28. The highest BCUT2D eigenvalue weighted by atomic mass is 35.5. The minimum absolute atomic E-state index is 0. The lowest BCUT2D eigenvalue weighted by molar-refractivity contribution is -0.156. The first-order valence-electron chi connectivity index (χ1n) is 25.0. The number of carbonyl (C=O) groups is 8. The van der Waals surface area contributed by atoms with Crippen molar-refractivity contribution in [1.29, 1.82) is 0 Å². The molecule has 436 valence electrons. The monoisotopic (exact) mass is 1150 g/mol. The highest BCUT2D eigenvalue weighted by molar-refractivity contribution is 7.82. The number of amides is 7. The number of urea groups is 2. The number of ether oxygens (including phenoxy) is 4. The van der Waals surface area contributed by atoms with E-state index in [9.17, 15) is 55.2 Å². The highest BCUT2D eigenvalue weighted by Crippen LogP contribution is 2.33. The van der Waals surface area contributed by atoms with Gasteiger partial charge in [0.05, 0.1) is 62.6 Å². The molecule has 6 fully saturated rings. The summed E-state index contributed by atoms with van der Waals surface area (Å²) in [5.74, 6) is -1.82. The number of nitrogens with one attached hydrogen (secondary N) is 3. The van der Waals surface area contributed by atoms with Crippen molar-refractivity contribution in [3.05, 3.63) is 0 Å². The Morgan fingerprint density at radius 1 is 0.592 bits per heavy atom. The average molecular weight is 1150 g/mol. The van der Waals surface area contributed by atoms with Gasteiger partial charge in [0.1, 0.15) is 12.1 Å². The van der Waals surface area contributed by atoms with Crippen LogP contribution >= 0.6 is 11.6 Å². The molecular weight excluding hydrogens is 1070 g/mol. The standard InChI is InChI=1S/C22H36N4O10S.C19H32N4O8S.C3H5ClO2.CH4/c1-5-33-19(28)22(3,4)14-35-37(31,32)36-26-16-7-8-17(25(13-16)20(26)29)18(27)23-15-9-11-24(12-10-15)21(30)34-6-2;1-4-29-17(25)19(2,3)12-30-32(27,28)31-23-14-5-6-15(22(11-14)18(23)26)16(24)21-13-7-9-20-10-8-13;1-2-6-3(4)5;/h15-17H,5-14H2,1-4H3,(H,23,27);13-15,20H,4-12H2,1-3H3,(H,21,24);2H2,1H3;1H4/t16-,17+;14-,15+;;/m11../s1. The molecule has 0 aromatic carbocycles. The molecule has 4 atom stereocenters. The van der Waals surface area contributed by atoms with Crippen LogP contribution in [0.25, 0.3) is 0 Å². The molecule has 7 amide bonds. The Morgan fingerprint density at radius 3 is 1.33 bits per heavy atom. The number of halogens is 1. The lowest BCUT2D eigenvalue weighted by Crippen LogP contribution is -2.54. The van der Waals surface area contributed by atoms with Crippen molar-refractivity contribution in [2.24, 2.45) is 10.8 Å². The molecule has 0 aromatic rings. The average Bonchev–Trinajstić information content (AvgIpc) is 3.72. The van der Waals surface area contributed by atoms with Gasteiger partial charge in [-0.1, -0.05) is 7.43 Å². The molecule has 28 nitrogen and oxygen atoms in total. The maximum Gasteiger partial charge on any atom is 0.421 e. The summed E-state index contributed by atoms with van der Waals surface area (Å²) in [4.78, 5) is 101. The van der Waals surface area contributed by atoms with Gasteiger partial charge >= 0.3 is 56.3 Å². The zero-order valence-electron chi connectivity index (χ0n) is 43.7. The van der Waals surface area contributed by atoms with E-state index in [2.05, 4.69) is 20.7 Å². The van der Waals surface area contributed by atoms with Crippen LogP contribution in [0.4, 0.5) is 19.2 Å². The van der Waals surface area contributed by atoms with Crippen molar-refractivity contribution < 1.29 is 91.1 Å².